The molecule has 2 heteroatoms. The van der Waals surface area contributed by atoms with Gasteiger partial charge in [0.05, 0.1) is 0 Å². The largest absolute Gasteiger partial charge is 0.271 e. The van der Waals surface area contributed by atoms with Gasteiger partial charge in [-0.05, 0) is 42.4 Å². The van der Waals surface area contributed by atoms with Gasteiger partial charge >= 0.3 is 0 Å². The van der Waals surface area contributed by atoms with E-state index < -0.39 is 0 Å². The van der Waals surface area contributed by atoms with Gasteiger partial charge in [0.15, 0.2) is 0 Å². The number of nitrogens with two attached hydrogens (primary N) is 1. The van der Waals surface area contributed by atoms with Crippen molar-refractivity contribution in [1.29, 1.82) is 0 Å². The monoisotopic (exact) mass is 288 g/mol. The van der Waals surface area contributed by atoms with Crippen LogP contribution in [0.25, 0.3) is 0 Å². The Balaban J connectivity index is 1.73. The van der Waals surface area contributed by atoms with Crippen LogP contribution in [-0.2, 0) is 12.8 Å². The summed E-state index contributed by atoms with van der Waals surface area (Å²) in [4.78, 5) is 0. The zero-order valence-corrected chi connectivity index (χ0v) is 13.7. The van der Waals surface area contributed by atoms with Crippen molar-refractivity contribution in [2.24, 2.45) is 5.84 Å². The maximum absolute atomic E-state index is 5.78. The second-order valence-electron chi connectivity index (χ2n) is 6.51. The van der Waals surface area contributed by atoms with Crippen LogP contribution in [0.4, 0.5) is 0 Å². The molecule has 1 atom stereocenters. The van der Waals surface area contributed by atoms with Crippen molar-refractivity contribution < 1.29 is 0 Å². The molecule has 21 heavy (non-hydrogen) atoms. The molecule has 1 aliphatic rings. The molecule has 0 saturated carbocycles. The van der Waals surface area contributed by atoms with E-state index in [4.69, 9.17) is 5.84 Å². The molecule has 1 unspecified atom stereocenters. The van der Waals surface area contributed by atoms with E-state index in [0.29, 0.717) is 6.04 Å². The number of nitrogens with one attached hydrogen (secondary N) is 1. The van der Waals surface area contributed by atoms with Crippen LogP contribution in [0.5, 0.6) is 0 Å². The number of hydrogen-bond donors (Lipinski definition) is 2. The Bertz CT molecular complexity index is 414. The quantitative estimate of drug-likeness (QED) is 0.368. The zero-order chi connectivity index (χ0) is 14.9. The molecule has 1 aromatic rings. The van der Waals surface area contributed by atoms with Crippen LogP contribution in [0, 0.1) is 0 Å². The molecule has 0 bridgehead atoms. The Labute approximate surface area is 130 Å². The van der Waals surface area contributed by atoms with E-state index >= 15 is 0 Å². The maximum atomic E-state index is 5.78. The standard InChI is InChI=1S/C19H32N2/c1-2-3-4-5-6-7-8-12-19(21-20)18-14-13-16-10-9-11-17(16)15-18/h13-15,19,21H,2-12,20H2,1H3. The first-order chi connectivity index (χ1) is 10.3. The van der Waals surface area contributed by atoms with Gasteiger partial charge in [-0.3, -0.25) is 11.3 Å². The molecule has 0 aliphatic heterocycles. The maximum Gasteiger partial charge on any atom is 0.0460 e. The van der Waals surface area contributed by atoms with Crippen LogP contribution in [-0.4, -0.2) is 0 Å². The van der Waals surface area contributed by atoms with Crippen molar-refractivity contribution in [2.45, 2.75) is 83.6 Å². The molecule has 0 fully saturated rings. The van der Waals surface area contributed by atoms with E-state index in [2.05, 4.69) is 30.5 Å². The van der Waals surface area contributed by atoms with E-state index in [1.807, 2.05) is 0 Å². The van der Waals surface area contributed by atoms with E-state index in [-0.39, 0.29) is 0 Å². The SMILES string of the molecule is CCCCCCCCCC(NN)c1ccc2c(c1)CCC2. The van der Waals surface area contributed by atoms with Crippen molar-refractivity contribution in [2.75, 3.05) is 0 Å². The third-order valence-electron chi connectivity index (χ3n) is 4.82. The molecular weight excluding hydrogens is 256 g/mol. The molecule has 1 aliphatic carbocycles. The second kappa shape index (κ2) is 9.22. The number of hydrogen-bond acceptors (Lipinski definition) is 2. The fraction of sp³-hybridized carbons (Fsp3) is 0.684. The highest BCUT2D eigenvalue weighted by atomic mass is 15.2. The fourth-order valence-corrected chi connectivity index (χ4v) is 3.46. The van der Waals surface area contributed by atoms with Crippen molar-refractivity contribution in [1.82, 2.24) is 5.43 Å². The number of aryl methyl sites for hydroxylation is 2. The van der Waals surface area contributed by atoms with Gasteiger partial charge < -0.3 is 0 Å². The van der Waals surface area contributed by atoms with Crippen molar-refractivity contribution in [3.63, 3.8) is 0 Å². The van der Waals surface area contributed by atoms with Crippen LogP contribution in [0.15, 0.2) is 18.2 Å². The van der Waals surface area contributed by atoms with Crippen LogP contribution in [0.2, 0.25) is 0 Å². The summed E-state index contributed by atoms with van der Waals surface area (Å²) in [7, 11) is 0. The Morgan fingerprint density at radius 3 is 2.48 bits per heavy atom. The van der Waals surface area contributed by atoms with Crippen LogP contribution in [0.3, 0.4) is 0 Å². The second-order valence-corrected chi connectivity index (χ2v) is 6.51. The highest BCUT2D eigenvalue weighted by Gasteiger charge is 2.15. The minimum absolute atomic E-state index is 0.326. The van der Waals surface area contributed by atoms with E-state index in [1.54, 1.807) is 11.1 Å². The number of rotatable bonds is 10. The van der Waals surface area contributed by atoms with Gasteiger partial charge in [0, 0.05) is 6.04 Å². The van der Waals surface area contributed by atoms with Gasteiger partial charge in [-0.2, -0.15) is 0 Å². The summed E-state index contributed by atoms with van der Waals surface area (Å²) < 4.78 is 0. The van der Waals surface area contributed by atoms with E-state index in [9.17, 15) is 0 Å². The van der Waals surface area contributed by atoms with Gasteiger partial charge in [0.25, 0.3) is 0 Å². The lowest BCUT2D eigenvalue weighted by atomic mass is 9.97. The first kappa shape index (κ1) is 16.5. The van der Waals surface area contributed by atoms with Gasteiger partial charge in [-0.25, -0.2) is 0 Å². The molecule has 0 spiro atoms. The third-order valence-corrected chi connectivity index (χ3v) is 4.82. The molecule has 0 heterocycles. The minimum atomic E-state index is 0.326. The normalized spacial score (nSPS) is 15.1. The molecule has 0 amide bonds. The third kappa shape index (κ3) is 5.12. The predicted molar refractivity (Wildman–Crippen MR) is 91.1 cm³/mol. The van der Waals surface area contributed by atoms with Crippen LogP contribution in [0.1, 0.15) is 87.4 Å². The van der Waals surface area contributed by atoms with Crippen molar-refractivity contribution >= 4 is 0 Å². The number of benzene rings is 1. The van der Waals surface area contributed by atoms with Crippen LogP contribution < -0.4 is 11.3 Å². The molecule has 0 aromatic heterocycles. The number of fused-ring (bicyclic) bond motifs is 1. The molecular formula is C19H32N2. The molecule has 2 nitrogen and oxygen atoms in total. The Kier molecular flexibility index (Phi) is 7.25. The lowest BCUT2D eigenvalue weighted by Gasteiger charge is -2.17. The Morgan fingerprint density at radius 1 is 1.00 bits per heavy atom. The number of hydrazine groups is 1. The lowest BCUT2D eigenvalue weighted by Crippen LogP contribution is -2.28. The average Bonchev–Trinajstić information content (AvgIpc) is 2.97. The summed E-state index contributed by atoms with van der Waals surface area (Å²) in [5, 5.41) is 0. The Morgan fingerprint density at radius 2 is 1.71 bits per heavy atom. The van der Waals surface area contributed by atoms with Crippen molar-refractivity contribution in [3.05, 3.63) is 34.9 Å². The van der Waals surface area contributed by atoms with Gasteiger partial charge in [-0.1, -0.05) is 70.1 Å². The predicted octanol–water partition coefficient (Wildman–Crippen LogP) is 4.82. The summed E-state index contributed by atoms with van der Waals surface area (Å²) in [5.74, 6) is 5.78. The molecule has 0 saturated heterocycles. The minimum Gasteiger partial charge on any atom is -0.271 e. The lowest BCUT2D eigenvalue weighted by molar-refractivity contribution is 0.475. The average molecular weight is 288 g/mol. The van der Waals surface area contributed by atoms with Crippen molar-refractivity contribution in [3.8, 4) is 0 Å². The highest BCUT2D eigenvalue weighted by Crippen LogP contribution is 2.27. The summed E-state index contributed by atoms with van der Waals surface area (Å²) in [5.41, 5.74) is 7.49. The molecule has 118 valence electrons. The van der Waals surface area contributed by atoms with E-state index in [0.717, 1.165) is 6.42 Å². The molecule has 1 aromatic carbocycles. The Hall–Kier alpha value is -0.860. The fourth-order valence-electron chi connectivity index (χ4n) is 3.46. The van der Waals surface area contributed by atoms with E-state index in [1.165, 1.54) is 69.8 Å². The highest BCUT2D eigenvalue weighted by molar-refractivity contribution is 5.36. The van der Waals surface area contributed by atoms with Gasteiger partial charge in [0.1, 0.15) is 0 Å². The summed E-state index contributed by atoms with van der Waals surface area (Å²) in [6.45, 7) is 2.27. The van der Waals surface area contributed by atoms with Gasteiger partial charge in [-0.15, -0.1) is 0 Å². The zero-order valence-electron chi connectivity index (χ0n) is 13.7. The summed E-state index contributed by atoms with van der Waals surface area (Å²) in [6.07, 6.45) is 14.5. The molecule has 2 rings (SSSR count). The molecule has 0 radical (unpaired) electrons. The first-order valence-electron chi connectivity index (χ1n) is 8.93. The number of unbranched alkanes of at least 4 members (excludes halogenated alkanes) is 6. The summed E-state index contributed by atoms with van der Waals surface area (Å²) in [6, 6.07) is 7.29. The van der Waals surface area contributed by atoms with Gasteiger partial charge in [0.2, 0.25) is 0 Å². The first-order valence-corrected chi connectivity index (χ1v) is 8.93. The van der Waals surface area contributed by atoms with Crippen LogP contribution >= 0.6 is 0 Å². The summed E-state index contributed by atoms with van der Waals surface area (Å²) >= 11 is 0. The molecule has 3 N–H and O–H groups in total. The smallest absolute Gasteiger partial charge is 0.0460 e. The topological polar surface area (TPSA) is 38.0 Å².